The van der Waals surface area contributed by atoms with Gasteiger partial charge >= 0.3 is 0 Å². The van der Waals surface area contributed by atoms with Crippen LogP contribution < -0.4 is 0 Å². The van der Waals surface area contributed by atoms with Crippen LogP contribution in [0.25, 0.3) is 0 Å². The van der Waals surface area contributed by atoms with Gasteiger partial charge in [0.25, 0.3) is 5.91 Å². The predicted molar refractivity (Wildman–Crippen MR) is 89.7 cm³/mol. The van der Waals surface area contributed by atoms with Gasteiger partial charge in [0.15, 0.2) is 0 Å². The molecule has 0 saturated carbocycles. The number of amides is 1. The lowest BCUT2D eigenvalue weighted by Crippen LogP contribution is -2.79. The van der Waals surface area contributed by atoms with E-state index in [-0.39, 0.29) is 26.4 Å². The number of likely N-dealkylation sites (N-methyl/N-ethyl adjacent to an activating group) is 1. The fourth-order valence-electron chi connectivity index (χ4n) is 4.52. The number of fused-ring (bicyclic) bond motifs is 1. The van der Waals surface area contributed by atoms with Crippen LogP contribution in [0.1, 0.15) is 57.5 Å². The first-order valence-electron chi connectivity index (χ1n) is 7.58. The number of hydrogen-bond acceptors (Lipinski definition) is 2. The van der Waals surface area contributed by atoms with Gasteiger partial charge in [0, 0.05) is 28.2 Å². The Kier molecular flexibility index (Phi) is 2.75. The van der Waals surface area contributed by atoms with Gasteiger partial charge in [-0.3, -0.25) is 4.79 Å². The van der Waals surface area contributed by atoms with Gasteiger partial charge in [-0.05, 0) is 25.5 Å². The fraction of sp³-hybridized carbons (Fsp3) is 0.611. The molecule has 2 aliphatic heterocycles. The minimum atomic E-state index is -0.199. The molecule has 1 aromatic rings. The van der Waals surface area contributed by atoms with E-state index in [1.165, 1.54) is 5.56 Å². The molecular weight excluding hydrogens is 278 g/mol. The molecule has 1 saturated heterocycles. The van der Waals surface area contributed by atoms with Crippen molar-refractivity contribution in [1.29, 1.82) is 0 Å². The van der Waals surface area contributed by atoms with Gasteiger partial charge in [-0.1, -0.05) is 45.9 Å². The molecule has 2 aliphatic rings. The molecule has 0 aromatic heterocycles. The maximum Gasteiger partial charge on any atom is 0.255 e. The molecule has 1 fully saturated rings. The minimum Gasteiger partial charge on any atom is -0.325 e. The van der Waals surface area contributed by atoms with E-state index in [4.69, 9.17) is 0 Å². The second-order valence-corrected chi connectivity index (χ2v) is 9.73. The molecular formula is C18H25NOS. The van der Waals surface area contributed by atoms with E-state index in [2.05, 4.69) is 47.6 Å². The van der Waals surface area contributed by atoms with Crippen molar-refractivity contribution in [2.24, 2.45) is 5.41 Å². The van der Waals surface area contributed by atoms with Crippen molar-refractivity contribution >= 4 is 17.7 Å². The van der Waals surface area contributed by atoms with Crippen molar-refractivity contribution in [3.8, 4) is 0 Å². The van der Waals surface area contributed by atoms with Gasteiger partial charge < -0.3 is 4.90 Å². The zero-order valence-electron chi connectivity index (χ0n) is 14.1. The summed E-state index contributed by atoms with van der Waals surface area (Å²) >= 11 is 1.95. The number of carbonyl (C=O) groups excluding carboxylic acids is 1. The third kappa shape index (κ3) is 1.39. The van der Waals surface area contributed by atoms with Crippen LogP contribution >= 0.6 is 11.8 Å². The standard InChI is InChI=1S/C18H25NOS/c1-15(2)13-11-9-8-10-12(13)14(20)19(7)18(15)16(3,4)17(5,6)21-18/h8-11H,1-7H3. The van der Waals surface area contributed by atoms with Gasteiger partial charge in [0.05, 0.1) is 0 Å². The Labute approximate surface area is 132 Å². The molecule has 2 nitrogen and oxygen atoms in total. The van der Waals surface area contributed by atoms with Crippen molar-refractivity contribution in [2.45, 2.75) is 56.6 Å². The summed E-state index contributed by atoms with van der Waals surface area (Å²) in [4.78, 5) is 14.7. The van der Waals surface area contributed by atoms with Crippen LogP contribution in [0.5, 0.6) is 0 Å². The number of hydrogen-bond donors (Lipinski definition) is 0. The summed E-state index contributed by atoms with van der Waals surface area (Å²) in [5, 5.41) is 0. The summed E-state index contributed by atoms with van der Waals surface area (Å²) in [6.45, 7) is 13.8. The van der Waals surface area contributed by atoms with E-state index >= 15 is 0 Å². The smallest absolute Gasteiger partial charge is 0.255 e. The monoisotopic (exact) mass is 303 g/mol. The normalized spacial score (nSPS) is 31.8. The third-order valence-corrected chi connectivity index (χ3v) is 8.82. The third-order valence-electron chi connectivity index (χ3n) is 6.21. The summed E-state index contributed by atoms with van der Waals surface area (Å²) in [7, 11) is 1.98. The van der Waals surface area contributed by atoms with E-state index in [1.54, 1.807) is 0 Å². The summed E-state index contributed by atoms with van der Waals surface area (Å²) < 4.78 is 0.158. The average molecular weight is 303 g/mol. The minimum absolute atomic E-state index is 0.0338. The van der Waals surface area contributed by atoms with E-state index in [0.717, 1.165) is 5.56 Å². The van der Waals surface area contributed by atoms with Crippen LogP contribution in [0.4, 0.5) is 0 Å². The van der Waals surface area contributed by atoms with Crippen LogP contribution in [0, 0.1) is 5.41 Å². The highest BCUT2D eigenvalue weighted by Gasteiger charge is 2.75. The van der Waals surface area contributed by atoms with Crippen LogP contribution in [-0.4, -0.2) is 27.5 Å². The quantitative estimate of drug-likeness (QED) is 0.712. The molecule has 1 unspecified atom stereocenters. The summed E-state index contributed by atoms with van der Waals surface area (Å²) in [5.74, 6) is 0.154. The lowest BCUT2D eigenvalue weighted by Gasteiger charge is -2.75. The van der Waals surface area contributed by atoms with Crippen LogP contribution in [0.3, 0.4) is 0 Å². The molecule has 1 spiro atoms. The molecule has 0 bridgehead atoms. The zero-order valence-corrected chi connectivity index (χ0v) is 14.9. The van der Waals surface area contributed by atoms with Crippen LogP contribution in [-0.2, 0) is 5.41 Å². The molecule has 2 heterocycles. The molecule has 3 rings (SSSR count). The summed E-state index contributed by atoms with van der Waals surface area (Å²) in [6, 6.07) is 8.10. The first kappa shape index (κ1) is 15.0. The molecule has 0 aliphatic carbocycles. The Morgan fingerprint density at radius 1 is 1.00 bits per heavy atom. The Morgan fingerprint density at radius 2 is 1.57 bits per heavy atom. The lowest BCUT2D eigenvalue weighted by atomic mass is 9.57. The molecule has 21 heavy (non-hydrogen) atoms. The molecule has 1 amide bonds. The van der Waals surface area contributed by atoms with Gasteiger partial charge in [0.2, 0.25) is 0 Å². The van der Waals surface area contributed by atoms with E-state index in [9.17, 15) is 4.79 Å². The number of thioether (sulfide) groups is 1. The Bertz CT molecular complexity index is 632. The van der Waals surface area contributed by atoms with E-state index in [1.807, 2.05) is 41.9 Å². The van der Waals surface area contributed by atoms with Crippen molar-refractivity contribution in [3.05, 3.63) is 35.4 Å². The highest BCUT2D eigenvalue weighted by atomic mass is 32.2. The Hall–Kier alpha value is -0.960. The molecule has 1 atom stereocenters. The number of rotatable bonds is 0. The summed E-state index contributed by atoms with van der Waals surface area (Å²) in [6.07, 6.45) is 0. The van der Waals surface area contributed by atoms with E-state index in [0.29, 0.717) is 0 Å². The first-order valence-corrected chi connectivity index (χ1v) is 8.40. The zero-order chi connectivity index (χ0) is 15.8. The Morgan fingerprint density at radius 3 is 2.10 bits per heavy atom. The molecule has 114 valence electrons. The number of nitrogens with zero attached hydrogens (tertiary/aromatic N) is 1. The SMILES string of the molecule is CN1C(=O)c2ccccc2C(C)(C)C12SC(C)(C)C2(C)C. The summed E-state index contributed by atoms with van der Waals surface area (Å²) in [5.41, 5.74) is 1.99. The van der Waals surface area contributed by atoms with Gasteiger partial charge in [-0.2, -0.15) is 0 Å². The topological polar surface area (TPSA) is 20.3 Å². The van der Waals surface area contributed by atoms with Crippen LogP contribution in [0.15, 0.2) is 24.3 Å². The molecule has 3 heteroatoms. The van der Waals surface area contributed by atoms with Gasteiger partial charge in [-0.15, -0.1) is 11.8 Å². The highest BCUT2D eigenvalue weighted by molar-refractivity contribution is 8.03. The van der Waals surface area contributed by atoms with Crippen molar-refractivity contribution in [2.75, 3.05) is 7.05 Å². The van der Waals surface area contributed by atoms with Crippen molar-refractivity contribution in [1.82, 2.24) is 4.90 Å². The molecule has 0 N–H and O–H groups in total. The van der Waals surface area contributed by atoms with Crippen molar-refractivity contribution < 1.29 is 4.79 Å². The predicted octanol–water partition coefficient (Wildman–Crippen LogP) is 4.30. The largest absolute Gasteiger partial charge is 0.325 e. The first-order chi connectivity index (χ1) is 9.51. The van der Waals surface area contributed by atoms with Gasteiger partial charge in [-0.25, -0.2) is 0 Å². The average Bonchev–Trinajstić information content (AvgIpc) is 2.41. The molecule has 0 radical (unpaired) electrons. The maximum absolute atomic E-state index is 12.9. The maximum atomic E-state index is 12.9. The second kappa shape index (κ2) is 3.87. The van der Waals surface area contributed by atoms with Gasteiger partial charge in [0.1, 0.15) is 4.87 Å². The van der Waals surface area contributed by atoms with Crippen molar-refractivity contribution in [3.63, 3.8) is 0 Å². The van der Waals surface area contributed by atoms with Crippen LogP contribution in [0.2, 0.25) is 0 Å². The second-order valence-electron chi connectivity index (χ2n) is 7.92. The fourth-order valence-corrected chi connectivity index (χ4v) is 6.61. The Balaban J connectivity index is 2.28. The highest BCUT2D eigenvalue weighted by Crippen LogP contribution is 2.75. The number of benzene rings is 1. The molecule has 1 aromatic carbocycles. The van der Waals surface area contributed by atoms with E-state index < -0.39 is 0 Å². The lowest BCUT2D eigenvalue weighted by molar-refractivity contribution is -0.0239. The number of carbonyl (C=O) groups is 1.